The second kappa shape index (κ2) is 17.4. The zero-order chi connectivity index (χ0) is 24.4. The average molecular weight is 472 g/mol. The maximum atomic E-state index is 12.5. The Balaban J connectivity index is 1.95. The molecule has 0 aromatic heterocycles. The largest absolute Gasteiger partial charge is 0.466 e. The standard InChI is InChI=1S/C26H40F3NO3/c1-2-3-4-5-6-7-8-9-10-11-12-13-14-21-33-24(31)19-20-30-25(32)22-15-17-23(18-16-22)26(27,28)29/h15-18H,2-14,19-21H2,1H3,(H,30,32). The van der Waals surface area contributed by atoms with Crippen molar-refractivity contribution in [2.45, 2.75) is 103 Å². The summed E-state index contributed by atoms with van der Waals surface area (Å²) < 4.78 is 42.8. The molecule has 0 spiro atoms. The van der Waals surface area contributed by atoms with E-state index >= 15 is 0 Å². The third-order valence-electron chi connectivity index (χ3n) is 5.60. The molecule has 1 aromatic rings. The third kappa shape index (κ3) is 14.7. The van der Waals surface area contributed by atoms with Gasteiger partial charge in [-0.15, -0.1) is 0 Å². The average Bonchev–Trinajstić information content (AvgIpc) is 2.78. The zero-order valence-electron chi connectivity index (χ0n) is 20.0. The monoisotopic (exact) mass is 471 g/mol. The number of benzene rings is 1. The van der Waals surface area contributed by atoms with Crippen LogP contribution in [-0.2, 0) is 15.7 Å². The molecule has 1 N–H and O–H groups in total. The number of carbonyl (C=O) groups is 2. The van der Waals surface area contributed by atoms with Gasteiger partial charge < -0.3 is 10.1 Å². The smallest absolute Gasteiger partial charge is 0.416 e. The number of nitrogens with one attached hydrogen (secondary N) is 1. The molecule has 0 atom stereocenters. The predicted octanol–water partition coefficient (Wildman–Crippen LogP) is 7.46. The molecule has 1 aromatic carbocycles. The second-order valence-electron chi connectivity index (χ2n) is 8.54. The Hall–Kier alpha value is -2.05. The van der Waals surface area contributed by atoms with Crippen LogP contribution >= 0.6 is 0 Å². The van der Waals surface area contributed by atoms with Crippen LogP contribution in [0, 0.1) is 0 Å². The molecule has 0 radical (unpaired) electrons. The SMILES string of the molecule is CCCCCCCCCCCCCCCOC(=O)CCNC(=O)c1ccc(C(F)(F)F)cc1. The molecule has 0 aliphatic rings. The lowest BCUT2D eigenvalue weighted by molar-refractivity contribution is -0.143. The van der Waals surface area contributed by atoms with Gasteiger partial charge in [0.15, 0.2) is 0 Å². The lowest BCUT2D eigenvalue weighted by atomic mass is 10.0. The van der Waals surface area contributed by atoms with E-state index in [0.29, 0.717) is 6.61 Å². The fraction of sp³-hybridized carbons (Fsp3) is 0.692. The van der Waals surface area contributed by atoms with Gasteiger partial charge >= 0.3 is 12.1 Å². The highest BCUT2D eigenvalue weighted by Crippen LogP contribution is 2.29. The third-order valence-corrected chi connectivity index (χ3v) is 5.60. The van der Waals surface area contributed by atoms with E-state index in [2.05, 4.69) is 12.2 Å². The molecule has 0 bridgehead atoms. The number of alkyl halides is 3. The molecule has 1 amide bonds. The van der Waals surface area contributed by atoms with Crippen molar-refractivity contribution in [3.63, 3.8) is 0 Å². The van der Waals surface area contributed by atoms with Crippen molar-refractivity contribution in [2.75, 3.05) is 13.2 Å². The maximum Gasteiger partial charge on any atom is 0.416 e. The number of halogens is 3. The topological polar surface area (TPSA) is 55.4 Å². The number of hydrogen-bond acceptors (Lipinski definition) is 3. The fourth-order valence-electron chi connectivity index (χ4n) is 3.57. The van der Waals surface area contributed by atoms with Crippen LogP contribution in [0.15, 0.2) is 24.3 Å². The Labute approximate surface area is 196 Å². The van der Waals surface area contributed by atoms with Gasteiger partial charge in [-0.3, -0.25) is 9.59 Å². The predicted molar refractivity (Wildman–Crippen MR) is 125 cm³/mol. The minimum atomic E-state index is -4.44. The highest BCUT2D eigenvalue weighted by Gasteiger charge is 2.30. The van der Waals surface area contributed by atoms with Crippen molar-refractivity contribution in [2.24, 2.45) is 0 Å². The van der Waals surface area contributed by atoms with Crippen LogP contribution < -0.4 is 5.32 Å². The highest BCUT2D eigenvalue weighted by atomic mass is 19.4. The number of hydrogen-bond donors (Lipinski definition) is 1. The van der Waals surface area contributed by atoms with Crippen molar-refractivity contribution in [3.8, 4) is 0 Å². The van der Waals surface area contributed by atoms with Gasteiger partial charge in [0.05, 0.1) is 18.6 Å². The van der Waals surface area contributed by atoms with Crippen molar-refractivity contribution < 1.29 is 27.5 Å². The van der Waals surface area contributed by atoms with Crippen LogP contribution in [0.2, 0.25) is 0 Å². The van der Waals surface area contributed by atoms with Crippen LogP contribution in [0.5, 0.6) is 0 Å². The van der Waals surface area contributed by atoms with Crippen molar-refractivity contribution in [1.29, 1.82) is 0 Å². The van der Waals surface area contributed by atoms with Crippen LogP contribution in [-0.4, -0.2) is 25.0 Å². The van der Waals surface area contributed by atoms with E-state index in [1.54, 1.807) is 0 Å². The molecular formula is C26H40F3NO3. The van der Waals surface area contributed by atoms with Crippen LogP contribution in [0.1, 0.15) is 113 Å². The first-order valence-corrected chi connectivity index (χ1v) is 12.5. The summed E-state index contributed by atoms with van der Waals surface area (Å²) in [5.74, 6) is -0.908. The first-order chi connectivity index (χ1) is 15.8. The minimum absolute atomic E-state index is 0.0326. The van der Waals surface area contributed by atoms with Crippen molar-refractivity contribution in [1.82, 2.24) is 5.32 Å². The molecule has 1 rings (SSSR count). The summed E-state index contributed by atoms with van der Waals surface area (Å²) in [4.78, 5) is 23.7. The fourth-order valence-corrected chi connectivity index (χ4v) is 3.57. The minimum Gasteiger partial charge on any atom is -0.466 e. The molecule has 4 nitrogen and oxygen atoms in total. The second-order valence-corrected chi connectivity index (χ2v) is 8.54. The molecule has 33 heavy (non-hydrogen) atoms. The maximum absolute atomic E-state index is 12.5. The molecule has 0 saturated heterocycles. The van der Waals surface area contributed by atoms with E-state index < -0.39 is 17.6 Å². The van der Waals surface area contributed by atoms with Crippen LogP contribution in [0.4, 0.5) is 13.2 Å². The summed E-state index contributed by atoms with van der Waals surface area (Å²) in [5.41, 5.74) is -0.695. The highest BCUT2D eigenvalue weighted by molar-refractivity contribution is 5.94. The van der Waals surface area contributed by atoms with Gasteiger partial charge in [0.1, 0.15) is 0 Å². The van der Waals surface area contributed by atoms with Crippen molar-refractivity contribution in [3.05, 3.63) is 35.4 Å². The van der Waals surface area contributed by atoms with E-state index in [0.717, 1.165) is 43.5 Å². The first kappa shape index (κ1) is 29.0. The Bertz CT molecular complexity index is 660. The molecule has 0 fully saturated rings. The van der Waals surface area contributed by atoms with Gasteiger partial charge in [-0.05, 0) is 30.7 Å². The number of ether oxygens (including phenoxy) is 1. The molecule has 0 heterocycles. The van der Waals surface area contributed by atoms with Crippen LogP contribution in [0.3, 0.4) is 0 Å². The summed E-state index contributed by atoms with van der Waals surface area (Å²) in [6, 6.07) is 3.95. The molecule has 188 valence electrons. The van der Waals surface area contributed by atoms with Gasteiger partial charge in [0.2, 0.25) is 0 Å². The number of esters is 1. The normalized spacial score (nSPS) is 11.4. The summed E-state index contributed by atoms with van der Waals surface area (Å²) in [6.45, 7) is 2.70. The number of unbranched alkanes of at least 4 members (excludes halogenated alkanes) is 12. The van der Waals surface area contributed by atoms with E-state index in [1.807, 2.05) is 0 Å². The van der Waals surface area contributed by atoms with E-state index in [1.165, 1.54) is 64.2 Å². The van der Waals surface area contributed by atoms with Crippen molar-refractivity contribution >= 4 is 11.9 Å². The van der Waals surface area contributed by atoms with Gasteiger partial charge in [0.25, 0.3) is 5.91 Å². The lowest BCUT2D eigenvalue weighted by Gasteiger charge is -2.08. The molecular weight excluding hydrogens is 431 g/mol. The molecule has 0 aliphatic heterocycles. The lowest BCUT2D eigenvalue weighted by Crippen LogP contribution is -2.26. The van der Waals surface area contributed by atoms with E-state index in [4.69, 9.17) is 4.74 Å². The van der Waals surface area contributed by atoms with E-state index in [9.17, 15) is 22.8 Å². The van der Waals surface area contributed by atoms with E-state index in [-0.39, 0.29) is 24.5 Å². The molecule has 7 heteroatoms. The zero-order valence-corrected chi connectivity index (χ0v) is 20.0. The van der Waals surface area contributed by atoms with Crippen LogP contribution in [0.25, 0.3) is 0 Å². The van der Waals surface area contributed by atoms with Gasteiger partial charge in [-0.2, -0.15) is 13.2 Å². The first-order valence-electron chi connectivity index (χ1n) is 12.5. The van der Waals surface area contributed by atoms with Gasteiger partial charge in [0, 0.05) is 12.1 Å². The summed E-state index contributed by atoms with van der Waals surface area (Å²) in [6.07, 6.45) is 11.9. The Morgan fingerprint density at radius 3 is 1.76 bits per heavy atom. The Kier molecular flexibility index (Phi) is 15.3. The molecule has 0 saturated carbocycles. The summed E-state index contributed by atoms with van der Waals surface area (Å²) in [5, 5.41) is 2.52. The summed E-state index contributed by atoms with van der Waals surface area (Å²) >= 11 is 0. The van der Waals surface area contributed by atoms with Gasteiger partial charge in [-0.25, -0.2) is 0 Å². The summed E-state index contributed by atoms with van der Waals surface area (Å²) in [7, 11) is 0. The Morgan fingerprint density at radius 1 is 0.788 bits per heavy atom. The number of amides is 1. The number of rotatable bonds is 18. The van der Waals surface area contributed by atoms with Gasteiger partial charge in [-0.1, -0.05) is 84.0 Å². The number of carbonyl (C=O) groups excluding carboxylic acids is 2. The molecule has 0 unspecified atom stereocenters. The molecule has 0 aliphatic carbocycles. The quantitative estimate of drug-likeness (QED) is 0.179. The Morgan fingerprint density at radius 2 is 1.27 bits per heavy atom.